The normalized spacial score (nSPS) is 17.3. The van der Waals surface area contributed by atoms with E-state index >= 15 is 0 Å². The Balaban J connectivity index is 0.00000625. The van der Waals surface area contributed by atoms with Crippen LogP contribution in [0.1, 0.15) is 41.0 Å². The minimum Gasteiger partial charge on any atom is -0.381 e. The van der Waals surface area contributed by atoms with Gasteiger partial charge in [-0.05, 0) is 25.2 Å². The first-order chi connectivity index (χ1) is 12.0. The summed E-state index contributed by atoms with van der Waals surface area (Å²) in [7, 11) is 0. The highest BCUT2D eigenvalue weighted by molar-refractivity contribution is 14.0. The van der Waals surface area contributed by atoms with Gasteiger partial charge in [0.25, 0.3) is 0 Å². The number of ether oxygens (including phenoxy) is 2. The van der Waals surface area contributed by atoms with Crippen LogP contribution in [0.25, 0.3) is 0 Å². The Hall–Kier alpha value is -0.120. The lowest BCUT2D eigenvalue weighted by molar-refractivity contribution is 0.00867. The van der Waals surface area contributed by atoms with E-state index in [1.807, 2.05) is 0 Å². The van der Waals surface area contributed by atoms with E-state index in [0.717, 1.165) is 71.5 Å². The molecule has 1 saturated heterocycles. The Kier molecular flexibility index (Phi) is 15.8. The second kappa shape index (κ2) is 15.9. The summed E-state index contributed by atoms with van der Waals surface area (Å²) < 4.78 is 11.1. The average Bonchev–Trinajstić information content (AvgIpc) is 2.58. The number of nitrogens with zero attached hydrogens (tertiary/aromatic N) is 2. The van der Waals surface area contributed by atoms with Crippen LogP contribution in [0.4, 0.5) is 0 Å². The molecule has 7 heteroatoms. The van der Waals surface area contributed by atoms with Crippen molar-refractivity contribution in [3.8, 4) is 0 Å². The van der Waals surface area contributed by atoms with Gasteiger partial charge < -0.3 is 20.1 Å². The third-order valence-electron chi connectivity index (χ3n) is 4.27. The molecule has 1 atom stereocenters. The molecule has 0 radical (unpaired) electrons. The first-order valence-corrected chi connectivity index (χ1v) is 9.96. The van der Waals surface area contributed by atoms with Gasteiger partial charge >= 0.3 is 0 Å². The molecule has 6 nitrogen and oxygen atoms in total. The molecule has 0 aromatic heterocycles. The summed E-state index contributed by atoms with van der Waals surface area (Å²) in [6, 6.07) is 0.466. The van der Waals surface area contributed by atoms with Crippen molar-refractivity contribution in [1.82, 2.24) is 15.5 Å². The van der Waals surface area contributed by atoms with Crippen LogP contribution in [-0.2, 0) is 9.47 Å². The lowest BCUT2D eigenvalue weighted by Gasteiger charge is -2.36. The van der Waals surface area contributed by atoms with Crippen molar-refractivity contribution in [2.45, 2.75) is 47.1 Å². The lowest BCUT2D eigenvalue weighted by atomic mass is 10.0. The van der Waals surface area contributed by atoms with Crippen LogP contribution in [0, 0.1) is 11.8 Å². The molecule has 0 amide bonds. The molecule has 2 N–H and O–H groups in total. The van der Waals surface area contributed by atoms with Crippen molar-refractivity contribution in [3.63, 3.8) is 0 Å². The summed E-state index contributed by atoms with van der Waals surface area (Å²) in [6.45, 7) is 18.9. The molecule has 0 bridgehead atoms. The third-order valence-corrected chi connectivity index (χ3v) is 4.27. The quantitative estimate of drug-likeness (QED) is 0.204. The smallest absolute Gasteiger partial charge is 0.191 e. The monoisotopic (exact) mass is 484 g/mol. The number of rotatable bonds is 11. The molecule has 0 saturated carbocycles. The molecule has 0 spiro atoms. The minimum atomic E-state index is 0. The molecule has 26 heavy (non-hydrogen) atoms. The van der Waals surface area contributed by atoms with E-state index in [9.17, 15) is 0 Å². The van der Waals surface area contributed by atoms with Gasteiger partial charge in [-0.25, -0.2) is 0 Å². The molecular formula is C19H41IN4O2. The maximum absolute atomic E-state index is 5.63. The first-order valence-electron chi connectivity index (χ1n) is 9.96. The number of halogens is 1. The molecule has 0 aliphatic carbocycles. The number of guanidine groups is 1. The second-order valence-corrected chi connectivity index (χ2v) is 7.43. The second-order valence-electron chi connectivity index (χ2n) is 7.43. The highest BCUT2D eigenvalue weighted by Gasteiger charge is 2.23. The molecule has 1 aliphatic heterocycles. The van der Waals surface area contributed by atoms with Crippen LogP contribution in [0.15, 0.2) is 4.99 Å². The van der Waals surface area contributed by atoms with Crippen molar-refractivity contribution in [2.24, 2.45) is 16.8 Å². The molecule has 0 aromatic carbocycles. The van der Waals surface area contributed by atoms with Crippen molar-refractivity contribution in [1.29, 1.82) is 0 Å². The van der Waals surface area contributed by atoms with Crippen LogP contribution in [-0.4, -0.2) is 76.1 Å². The Morgan fingerprint density at radius 3 is 2.42 bits per heavy atom. The number of hydrogen-bond donors (Lipinski definition) is 2. The van der Waals surface area contributed by atoms with E-state index in [0.29, 0.717) is 17.9 Å². The van der Waals surface area contributed by atoms with Crippen LogP contribution in [0.3, 0.4) is 0 Å². The lowest BCUT2D eigenvalue weighted by Crippen LogP contribution is -2.48. The van der Waals surface area contributed by atoms with Gasteiger partial charge in [-0.1, -0.05) is 27.7 Å². The zero-order valence-electron chi connectivity index (χ0n) is 17.4. The summed E-state index contributed by atoms with van der Waals surface area (Å²) in [5.41, 5.74) is 0. The van der Waals surface area contributed by atoms with Crippen molar-refractivity contribution in [3.05, 3.63) is 0 Å². The van der Waals surface area contributed by atoms with Gasteiger partial charge in [-0.3, -0.25) is 9.89 Å². The van der Waals surface area contributed by atoms with E-state index in [2.05, 4.69) is 50.2 Å². The van der Waals surface area contributed by atoms with E-state index in [1.54, 1.807) is 0 Å². The van der Waals surface area contributed by atoms with Crippen molar-refractivity contribution >= 4 is 29.9 Å². The summed E-state index contributed by atoms with van der Waals surface area (Å²) >= 11 is 0. The Morgan fingerprint density at radius 1 is 1.15 bits per heavy atom. The van der Waals surface area contributed by atoms with Crippen LogP contribution >= 0.6 is 24.0 Å². The SMILES string of the molecule is CCNC(=NCC(C(C)C)N1CCOCC1)NCCCOCC(C)C.I. The van der Waals surface area contributed by atoms with E-state index in [1.165, 1.54) is 0 Å². The largest absolute Gasteiger partial charge is 0.381 e. The fourth-order valence-electron chi connectivity index (χ4n) is 2.88. The van der Waals surface area contributed by atoms with E-state index < -0.39 is 0 Å². The Morgan fingerprint density at radius 2 is 1.85 bits per heavy atom. The zero-order chi connectivity index (χ0) is 18.5. The van der Waals surface area contributed by atoms with E-state index in [4.69, 9.17) is 14.5 Å². The number of morpholine rings is 1. The van der Waals surface area contributed by atoms with Crippen LogP contribution in [0.5, 0.6) is 0 Å². The standard InChI is InChI=1S/C19H40N4O2.HI/c1-6-20-19(21-8-7-11-25-15-16(2)3)22-14-18(17(4)5)23-9-12-24-13-10-23;/h16-18H,6-15H2,1-5H3,(H2,20,21,22);1H. The molecule has 0 aromatic rings. The molecule has 1 fully saturated rings. The number of nitrogens with one attached hydrogen (secondary N) is 2. The predicted octanol–water partition coefficient (Wildman–Crippen LogP) is 2.58. The van der Waals surface area contributed by atoms with Gasteiger partial charge in [0, 0.05) is 45.4 Å². The van der Waals surface area contributed by atoms with Crippen molar-refractivity contribution < 1.29 is 9.47 Å². The maximum Gasteiger partial charge on any atom is 0.191 e. The van der Waals surface area contributed by atoms with Gasteiger partial charge in [0.2, 0.25) is 0 Å². The van der Waals surface area contributed by atoms with Gasteiger partial charge in [0.15, 0.2) is 5.96 Å². The first kappa shape index (κ1) is 25.9. The summed E-state index contributed by atoms with van der Waals surface area (Å²) in [5.74, 6) is 2.08. The average molecular weight is 484 g/mol. The summed E-state index contributed by atoms with van der Waals surface area (Å²) in [5, 5.41) is 6.77. The molecule has 1 unspecified atom stereocenters. The molecule has 156 valence electrons. The molecular weight excluding hydrogens is 443 g/mol. The van der Waals surface area contributed by atoms with Gasteiger partial charge in [-0.2, -0.15) is 0 Å². The van der Waals surface area contributed by atoms with Gasteiger partial charge in [-0.15, -0.1) is 24.0 Å². The zero-order valence-corrected chi connectivity index (χ0v) is 19.8. The van der Waals surface area contributed by atoms with Crippen LogP contribution in [0.2, 0.25) is 0 Å². The Bertz CT molecular complexity index is 361. The number of hydrogen-bond acceptors (Lipinski definition) is 4. The number of aliphatic imine (C=N–C) groups is 1. The molecule has 1 aliphatic rings. The molecule has 1 rings (SSSR count). The predicted molar refractivity (Wildman–Crippen MR) is 121 cm³/mol. The van der Waals surface area contributed by atoms with Crippen LogP contribution < -0.4 is 10.6 Å². The van der Waals surface area contributed by atoms with Crippen molar-refractivity contribution in [2.75, 3.05) is 59.2 Å². The fourth-order valence-corrected chi connectivity index (χ4v) is 2.88. The van der Waals surface area contributed by atoms with E-state index in [-0.39, 0.29) is 24.0 Å². The fraction of sp³-hybridized carbons (Fsp3) is 0.947. The van der Waals surface area contributed by atoms with Gasteiger partial charge in [0.05, 0.1) is 19.8 Å². The summed E-state index contributed by atoms with van der Waals surface area (Å²) in [6.07, 6.45) is 0.994. The minimum absolute atomic E-state index is 0. The topological polar surface area (TPSA) is 58.1 Å². The highest BCUT2D eigenvalue weighted by Crippen LogP contribution is 2.13. The summed E-state index contributed by atoms with van der Waals surface area (Å²) in [4.78, 5) is 7.34. The van der Waals surface area contributed by atoms with Gasteiger partial charge in [0.1, 0.15) is 0 Å². The third kappa shape index (κ3) is 11.6. The Labute approximate surface area is 177 Å². The highest BCUT2D eigenvalue weighted by atomic mass is 127. The molecule has 1 heterocycles. The maximum atomic E-state index is 5.63.